The molecule has 7 heteroatoms. The number of aryl methyl sites for hydroxylation is 2. The van der Waals surface area contributed by atoms with Crippen LogP contribution in [-0.2, 0) is 23.2 Å². The second kappa shape index (κ2) is 9.71. The van der Waals surface area contributed by atoms with Gasteiger partial charge in [0.25, 0.3) is 0 Å². The molecule has 2 N–H and O–H groups in total. The number of benzene rings is 1. The van der Waals surface area contributed by atoms with E-state index in [4.69, 9.17) is 0 Å². The molecule has 1 unspecified atom stereocenters. The summed E-state index contributed by atoms with van der Waals surface area (Å²) < 4.78 is 2.08. The molecule has 2 aromatic rings. The van der Waals surface area contributed by atoms with E-state index in [9.17, 15) is 9.59 Å². The Bertz CT molecular complexity index is 822. The van der Waals surface area contributed by atoms with E-state index in [1.807, 2.05) is 50.5 Å². The number of hydrogen-bond donors (Lipinski definition) is 2. The molecular weight excluding hydrogens is 366 g/mol. The summed E-state index contributed by atoms with van der Waals surface area (Å²) >= 11 is 0. The fourth-order valence-corrected chi connectivity index (χ4v) is 3.61. The highest BCUT2D eigenvalue weighted by Gasteiger charge is 2.26. The van der Waals surface area contributed by atoms with E-state index in [1.54, 1.807) is 0 Å². The molecule has 1 fully saturated rings. The molecule has 1 aliphatic heterocycles. The minimum atomic E-state index is -0.602. The second-order valence-corrected chi connectivity index (χ2v) is 7.78. The first-order chi connectivity index (χ1) is 13.9. The van der Waals surface area contributed by atoms with Crippen molar-refractivity contribution in [3.8, 4) is 0 Å². The molecule has 0 spiro atoms. The smallest absolute Gasteiger partial charge is 0.309 e. The number of piperazine rings is 1. The Labute approximate surface area is 172 Å². The van der Waals surface area contributed by atoms with Gasteiger partial charge in [-0.2, -0.15) is 0 Å². The van der Waals surface area contributed by atoms with Crippen LogP contribution in [0.5, 0.6) is 0 Å². The summed E-state index contributed by atoms with van der Waals surface area (Å²) in [5, 5.41) is 5.53. The molecule has 1 aromatic carbocycles. The zero-order chi connectivity index (χ0) is 20.8. The topological polar surface area (TPSA) is 69.6 Å². The van der Waals surface area contributed by atoms with Crippen LogP contribution in [0.15, 0.2) is 42.6 Å². The summed E-state index contributed by atoms with van der Waals surface area (Å²) in [4.78, 5) is 29.3. The van der Waals surface area contributed by atoms with E-state index in [1.165, 1.54) is 0 Å². The Morgan fingerprint density at radius 1 is 0.966 bits per heavy atom. The van der Waals surface area contributed by atoms with E-state index in [-0.39, 0.29) is 6.04 Å². The Morgan fingerprint density at radius 3 is 2.24 bits per heavy atom. The number of hydrogen-bond acceptors (Lipinski definition) is 4. The fourth-order valence-electron chi connectivity index (χ4n) is 3.61. The van der Waals surface area contributed by atoms with Crippen LogP contribution in [0.4, 0.5) is 0 Å². The van der Waals surface area contributed by atoms with Gasteiger partial charge in [-0.3, -0.25) is 14.5 Å². The SMILES string of the molecule is Cc1ccc(CNC(=O)C(=O)NCC(c2cccn2C)N2CCN(C)CC2)cc1. The number of amides is 2. The van der Waals surface area contributed by atoms with Gasteiger partial charge in [0.2, 0.25) is 0 Å². The number of nitrogens with zero attached hydrogens (tertiary/aromatic N) is 3. The van der Waals surface area contributed by atoms with Gasteiger partial charge in [0.05, 0.1) is 6.04 Å². The molecule has 1 aliphatic rings. The molecule has 1 saturated heterocycles. The molecule has 0 saturated carbocycles. The van der Waals surface area contributed by atoms with Crippen LogP contribution < -0.4 is 10.6 Å². The first-order valence-corrected chi connectivity index (χ1v) is 10.1. The third-order valence-corrected chi connectivity index (χ3v) is 5.54. The second-order valence-electron chi connectivity index (χ2n) is 7.78. The number of carbonyl (C=O) groups excluding carboxylic acids is 2. The lowest BCUT2D eigenvalue weighted by Gasteiger charge is -2.38. The largest absolute Gasteiger partial charge is 0.353 e. The number of carbonyl (C=O) groups is 2. The van der Waals surface area contributed by atoms with Crippen LogP contribution >= 0.6 is 0 Å². The lowest BCUT2D eigenvalue weighted by Crippen LogP contribution is -2.50. The van der Waals surface area contributed by atoms with Crippen molar-refractivity contribution in [2.45, 2.75) is 19.5 Å². The first kappa shape index (κ1) is 21.1. The van der Waals surface area contributed by atoms with Gasteiger partial charge in [-0.1, -0.05) is 29.8 Å². The predicted molar refractivity (Wildman–Crippen MR) is 113 cm³/mol. The van der Waals surface area contributed by atoms with Crippen molar-refractivity contribution >= 4 is 11.8 Å². The molecule has 1 aromatic heterocycles. The van der Waals surface area contributed by atoms with Gasteiger partial charge in [0, 0.05) is 58.2 Å². The van der Waals surface area contributed by atoms with Gasteiger partial charge >= 0.3 is 11.8 Å². The van der Waals surface area contributed by atoms with Crippen molar-refractivity contribution in [1.82, 2.24) is 25.0 Å². The number of aromatic nitrogens is 1. The molecule has 2 heterocycles. The Kier molecular flexibility index (Phi) is 7.06. The fraction of sp³-hybridized carbons (Fsp3) is 0.455. The molecule has 2 amide bonds. The maximum atomic E-state index is 12.4. The van der Waals surface area contributed by atoms with Crippen molar-refractivity contribution in [3.63, 3.8) is 0 Å². The summed E-state index contributed by atoms with van der Waals surface area (Å²) in [5.74, 6) is -1.19. The zero-order valence-electron chi connectivity index (χ0n) is 17.5. The molecule has 29 heavy (non-hydrogen) atoms. The lowest BCUT2D eigenvalue weighted by atomic mass is 10.1. The molecule has 3 rings (SSSR count). The Balaban J connectivity index is 1.56. The summed E-state index contributed by atoms with van der Waals surface area (Å²) in [5.41, 5.74) is 3.26. The maximum absolute atomic E-state index is 12.4. The van der Waals surface area contributed by atoms with Crippen molar-refractivity contribution in [2.24, 2.45) is 7.05 Å². The van der Waals surface area contributed by atoms with E-state index in [2.05, 4.69) is 38.1 Å². The van der Waals surface area contributed by atoms with Crippen molar-refractivity contribution in [2.75, 3.05) is 39.8 Å². The molecule has 0 radical (unpaired) electrons. The lowest BCUT2D eigenvalue weighted by molar-refractivity contribution is -0.139. The average Bonchev–Trinajstić information content (AvgIpc) is 3.14. The van der Waals surface area contributed by atoms with E-state index >= 15 is 0 Å². The van der Waals surface area contributed by atoms with Crippen molar-refractivity contribution < 1.29 is 9.59 Å². The van der Waals surface area contributed by atoms with E-state index in [0.29, 0.717) is 13.1 Å². The van der Waals surface area contributed by atoms with Gasteiger partial charge in [0.1, 0.15) is 0 Å². The summed E-state index contributed by atoms with van der Waals surface area (Å²) in [7, 11) is 4.13. The highest BCUT2D eigenvalue weighted by atomic mass is 16.2. The zero-order valence-corrected chi connectivity index (χ0v) is 17.5. The summed E-state index contributed by atoms with van der Waals surface area (Å²) in [6.45, 7) is 6.60. The molecule has 0 aliphatic carbocycles. The van der Waals surface area contributed by atoms with Crippen LogP contribution in [0, 0.1) is 6.92 Å². The molecule has 1 atom stereocenters. The Hall–Kier alpha value is -2.64. The van der Waals surface area contributed by atoms with Crippen LogP contribution in [0.25, 0.3) is 0 Å². The average molecular weight is 398 g/mol. The van der Waals surface area contributed by atoms with Crippen LogP contribution in [0.1, 0.15) is 22.9 Å². The molecule has 7 nitrogen and oxygen atoms in total. The normalized spacial score (nSPS) is 16.4. The standard InChI is InChI=1S/C22H31N5O2/c1-17-6-8-18(9-7-17)15-23-21(28)22(29)24-16-20(19-5-4-10-26(19)3)27-13-11-25(2)12-14-27/h4-10,20H,11-16H2,1-3H3,(H,23,28)(H,24,29). The molecule has 0 bridgehead atoms. The first-order valence-electron chi connectivity index (χ1n) is 10.1. The minimum absolute atomic E-state index is 0.0394. The monoisotopic (exact) mass is 397 g/mol. The quantitative estimate of drug-likeness (QED) is 0.715. The number of nitrogens with one attached hydrogen (secondary N) is 2. The van der Waals surface area contributed by atoms with Crippen molar-refractivity contribution in [1.29, 1.82) is 0 Å². The molecular formula is C22H31N5O2. The van der Waals surface area contributed by atoms with Crippen LogP contribution in [0.3, 0.4) is 0 Å². The van der Waals surface area contributed by atoms with Gasteiger partial charge in [-0.25, -0.2) is 0 Å². The third kappa shape index (κ3) is 5.68. The van der Waals surface area contributed by atoms with Gasteiger partial charge < -0.3 is 20.1 Å². The summed E-state index contributed by atoms with van der Waals surface area (Å²) in [6, 6.07) is 12.0. The maximum Gasteiger partial charge on any atom is 0.309 e. The Morgan fingerprint density at radius 2 is 1.62 bits per heavy atom. The van der Waals surface area contributed by atoms with Crippen molar-refractivity contribution in [3.05, 3.63) is 59.4 Å². The predicted octanol–water partition coefficient (Wildman–Crippen LogP) is 1.05. The summed E-state index contributed by atoms with van der Waals surface area (Å²) in [6.07, 6.45) is 2.01. The third-order valence-electron chi connectivity index (χ3n) is 5.54. The van der Waals surface area contributed by atoms with Gasteiger partial charge in [-0.05, 0) is 31.7 Å². The van der Waals surface area contributed by atoms with E-state index in [0.717, 1.165) is 43.0 Å². The number of rotatable bonds is 6. The van der Waals surface area contributed by atoms with Gasteiger partial charge in [-0.15, -0.1) is 0 Å². The highest BCUT2D eigenvalue weighted by Crippen LogP contribution is 2.21. The number of likely N-dealkylation sites (N-methyl/N-ethyl adjacent to an activating group) is 1. The van der Waals surface area contributed by atoms with Gasteiger partial charge in [0.15, 0.2) is 0 Å². The van der Waals surface area contributed by atoms with E-state index < -0.39 is 11.8 Å². The van der Waals surface area contributed by atoms with Crippen LogP contribution in [-0.4, -0.2) is 66.0 Å². The highest BCUT2D eigenvalue weighted by molar-refractivity contribution is 6.35. The van der Waals surface area contributed by atoms with Crippen LogP contribution in [0.2, 0.25) is 0 Å². The minimum Gasteiger partial charge on any atom is -0.353 e. The molecule has 156 valence electrons.